The highest BCUT2D eigenvalue weighted by Crippen LogP contribution is 2.27. The Bertz CT molecular complexity index is 401. The predicted molar refractivity (Wildman–Crippen MR) is 81.1 cm³/mol. The van der Waals surface area contributed by atoms with Gasteiger partial charge < -0.3 is 5.73 Å². The van der Waals surface area contributed by atoms with Crippen molar-refractivity contribution in [3.63, 3.8) is 0 Å². The third-order valence-electron chi connectivity index (χ3n) is 3.50. The highest BCUT2D eigenvalue weighted by molar-refractivity contribution is 5.40. The molecule has 1 heteroatoms. The standard InChI is InChI=1S/C17H27N/c1-7-8-15(18)11-16-12(2)9-14(10-13(16)3)17(4,5)6/h7,9-10,15H,1,8,11,18H2,2-6H3. The van der Waals surface area contributed by atoms with Crippen molar-refractivity contribution in [2.75, 3.05) is 0 Å². The molecule has 1 aromatic rings. The molecule has 1 nitrogen and oxygen atoms in total. The van der Waals surface area contributed by atoms with Crippen molar-refractivity contribution in [3.05, 3.63) is 47.0 Å². The lowest BCUT2D eigenvalue weighted by Gasteiger charge is -2.23. The van der Waals surface area contributed by atoms with Gasteiger partial charge in [-0.1, -0.05) is 39.0 Å². The highest BCUT2D eigenvalue weighted by Gasteiger charge is 2.16. The van der Waals surface area contributed by atoms with Crippen molar-refractivity contribution in [3.8, 4) is 0 Å². The van der Waals surface area contributed by atoms with Crippen LogP contribution in [0.5, 0.6) is 0 Å². The normalized spacial score (nSPS) is 13.4. The molecular formula is C17H27N. The Balaban J connectivity index is 3.05. The van der Waals surface area contributed by atoms with E-state index in [-0.39, 0.29) is 11.5 Å². The van der Waals surface area contributed by atoms with Crippen LogP contribution in [0.1, 0.15) is 49.4 Å². The van der Waals surface area contributed by atoms with Crippen LogP contribution in [0.25, 0.3) is 0 Å². The average Bonchev–Trinajstić information content (AvgIpc) is 2.22. The third-order valence-corrected chi connectivity index (χ3v) is 3.50. The second-order valence-corrected chi connectivity index (χ2v) is 6.33. The van der Waals surface area contributed by atoms with E-state index in [9.17, 15) is 0 Å². The molecule has 0 bridgehead atoms. The molecule has 0 aromatic heterocycles. The minimum atomic E-state index is 0.181. The van der Waals surface area contributed by atoms with Crippen LogP contribution in [0, 0.1) is 13.8 Å². The Kier molecular flexibility index (Phi) is 4.75. The van der Waals surface area contributed by atoms with Gasteiger partial charge in [-0.2, -0.15) is 0 Å². The van der Waals surface area contributed by atoms with Crippen LogP contribution in [-0.2, 0) is 11.8 Å². The predicted octanol–water partition coefficient (Wildman–Crippen LogP) is 4.05. The first-order valence-electron chi connectivity index (χ1n) is 6.72. The zero-order valence-corrected chi connectivity index (χ0v) is 12.5. The number of hydrogen-bond acceptors (Lipinski definition) is 1. The molecule has 1 rings (SSSR count). The smallest absolute Gasteiger partial charge is 0.0114 e. The molecule has 0 amide bonds. The number of nitrogens with two attached hydrogens (primary N) is 1. The summed E-state index contributed by atoms with van der Waals surface area (Å²) < 4.78 is 0. The fraction of sp³-hybridized carbons (Fsp3) is 0.529. The topological polar surface area (TPSA) is 26.0 Å². The Morgan fingerprint density at radius 3 is 2.11 bits per heavy atom. The van der Waals surface area contributed by atoms with Gasteiger partial charge in [-0.15, -0.1) is 6.58 Å². The number of aryl methyl sites for hydroxylation is 2. The number of hydrogen-bond donors (Lipinski definition) is 1. The van der Waals surface area contributed by atoms with Gasteiger partial charge in [-0.25, -0.2) is 0 Å². The first-order valence-corrected chi connectivity index (χ1v) is 6.72. The largest absolute Gasteiger partial charge is 0.327 e. The summed E-state index contributed by atoms with van der Waals surface area (Å²) in [6, 6.07) is 4.80. The van der Waals surface area contributed by atoms with Crippen LogP contribution < -0.4 is 5.73 Å². The van der Waals surface area contributed by atoms with Crippen molar-refractivity contribution in [2.45, 2.75) is 58.9 Å². The molecule has 1 atom stereocenters. The molecule has 2 N–H and O–H groups in total. The quantitative estimate of drug-likeness (QED) is 0.796. The lowest BCUT2D eigenvalue weighted by Crippen LogP contribution is -2.23. The molecular weight excluding hydrogens is 218 g/mol. The van der Waals surface area contributed by atoms with E-state index in [4.69, 9.17) is 5.73 Å². The molecule has 0 saturated heterocycles. The van der Waals surface area contributed by atoms with E-state index in [0.717, 1.165) is 12.8 Å². The summed E-state index contributed by atoms with van der Waals surface area (Å²) in [5.74, 6) is 0. The van der Waals surface area contributed by atoms with Crippen LogP contribution in [0.4, 0.5) is 0 Å². The third kappa shape index (κ3) is 3.71. The van der Waals surface area contributed by atoms with Gasteiger partial charge in [0.15, 0.2) is 0 Å². The maximum atomic E-state index is 6.11. The van der Waals surface area contributed by atoms with Crippen LogP contribution in [-0.4, -0.2) is 6.04 Å². The first kappa shape index (κ1) is 15.0. The van der Waals surface area contributed by atoms with Crippen molar-refractivity contribution < 1.29 is 0 Å². The van der Waals surface area contributed by atoms with Gasteiger partial charge in [0.05, 0.1) is 0 Å². The fourth-order valence-electron chi connectivity index (χ4n) is 2.31. The number of benzene rings is 1. The molecule has 1 aromatic carbocycles. The molecule has 0 saturated carbocycles. The van der Waals surface area contributed by atoms with Gasteiger partial charge >= 0.3 is 0 Å². The SMILES string of the molecule is C=CCC(N)Cc1c(C)cc(C(C)(C)C)cc1C. The molecule has 1 unspecified atom stereocenters. The van der Waals surface area contributed by atoms with Crippen molar-refractivity contribution in [2.24, 2.45) is 5.73 Å². The Labute approximate surface area is 112 Å². The molecule has 0 radical (unpaired) electrons. The van der Waals surface area contributed by atoms with Gasteiger partial charge in [0.25, 0.3) is 0 Å². The Morgan fingerprint density at radius 1 is 1.22 bits per heavy atom. The van der Waals surface area contributed by atoms with Gasteiger partial charge in [0.1, 0.15) is 0 Å². The fourth-order valence-corrected chi connectivity index (χ4v) is 2.31. The van der Waals surface area contributed by atoms with Gasteiger partial charge in [0.2, 0.25) is 0 Å². The van der Waals surface area contributed by atoms with E-state index in [0.29, 0.717) is 0 Å². The molecule has 0 aliphatic rings. The summed E-state index contributed by atoms with van der Waals surface area (Å²) in [7, 11) is 0. The Morgan fingerprint density at radius 2 is 1.72 bits per heavy atom. The molecule has 0 fully saturated rings. The minimum absolute atomic E-state index is 0.181. The maximum absolute atomic E-state index is 6.11. The summed E-state index contributed by atoms with van der Waals surface area (Å²) in [5, 5.41) is 0. The van der Waals surface area contributed by atoms with E-state index < -0.39 is 0 Å². The summed E-state index contributed by atoms with van der Waals surface area (Å²) in [4.78, 5) is 0. The maximum Gasteiger partial charge on any atom is 0.0114 e. The zero-order valence-electron chi connectivity index (χ0n) is 12.5. The van der Waals surface area contributed by atoms with E-state index in [1.165, 1.54) is 22.3 Å². The summed E-state index contributed by atoms with van der Waals surface area (Å²) in [6.45, 7) is 14.9. The lowest BCUT2D eigenvalue weighted by atomic mass is 9.83. The van der Waals surface area contributed by atoms with Crippen molar-refractivity contribution in [1.29, 1.82) is 0 Å². The minimum Gasteiger partial charge on any atom is -0.327 e. The summed E-state index contributed by atoms with van der Waals surface area (Å²) >= 11 is 0. The van der Waals surface area contributed by atoms with E-state index in [1.54, 1.807) is 0 Å². The van der Waals surface area contributed by atoms with Crippen molar-refractivity contribution in [1.82, 2.24) is 0 Å². The second kappa shape index (κ2) is 5.71. The van der Waals surface area contributed by atoms with Crippen LogP contribution >= 0.6 is 0 Å². The molecule has 0 heterocycles. The summed E-state index contributed by atoms with van der Waals surface area (Å²) in [5.41, 5.74) is 11.8. The molecule has 0 spiro atoms. The molecule has 0 aliphatic heterocycles. The molecule has 18 heavy (non-hydrogen) atoms. The first-order chi connectivity index (χ1) is 8.25. The highest BCUT2D eigenvalue weighted by atomic mass is 14.6. The van der Waals surface area contributed by atoms with Crippen LogP contribution in [0.2, 0.25) is 0 Å². The lowest BCUT2D eigenvalue weighted by molar-refractivity contribution is 0.588. The van der Waals surface area contributed by atoms with Gasteiger partial charge in [0, 0.05) is 6.04 Å². The molecule has 0 aliphatic carbocycles. The molecule has 100 valence electrons. The van der Waals surface area contributed by atoms with E-state index in [2.05, 4.69) is 53.3 Å². The van der Waals surface area contributed by atoms with Crippen LogP contribution in [0.3, 0.4) is 0 Å². The number of rotatable bonds is 4. The van der Waals surface area contributed by atoms with E-state index >= 15 is 0 Å². The van der Waals surface area contributed by atoms with Gasteiger partial charge in [-0.3, -0.25) is 0 Å². The zero-order chi connectivity index (χ0) is 13.9. The van der Waals surface area contributed by atoms with Crippen molar-refractivity contribution >= 4 is 0 Å². The average molecular weight is 245 g/mol. The van der Waals surface area contributed by atoms with Gasteiger partial charge in [-0.05, 0) is 54.4 Å². The summed E-state index contributed by atoms with van der Waals surface area (Å²) in [6.07, 6.45) is 3.72. The van der Waals surface area contributed by atoms with E-state index in [1.807, 2.05) is 6.08 Å². The monoisotopic (exact) mass is 245 g/mol. The van der Waals surface area contributed by atoms with Crippen LogP contribution in [0.15, 0.2) is 24.8 Å². The Hall–Kier alpha value is -1.08. The second-order valence-electron chi connectivity index (χ2n) is 6.33.